The summed E-state index contributed by atoms with van der Waals surface area (Å²) in [5.74, 6) is 0.284. The van der Waals surface area contributed by atoms with Gasteiger partial charge in [-0.1, -0.05) is 35.7 Å². The number of hydrogen-bond acceptors (Lipinski definition) is 6. The SMILES string of the molecule is O=C(Nc1cnc2c(c1)N(S(=O)(=O)N1CC3CCCC3C1)C[C@H](CO)O2)c1c(Cl)cccc1Cl. The predicted molar refractivity (Wildman–Crippen MR) is 129 cm³/mol. The number of hydrogen-bond donors (Lipinski definition) is 2. The number of carbonyl (C=O) groups is 1. The first-order valence-electron chi connectivity index (χ1n) is 11.1. The van der Waals surface area contributed by atoms with Gasteiger partial charge in [0, 0.05) is 13.1 Å². The van der Waals surface area contributed by atoms with Crippen molar-refractivity contribution in [3.63, 3.8) is 0 Å². The molecule has 1 aromatic carbocycles. The molecule has 2 N–H and O–H groups in total. The lowest BCUT2D eigenvalue weighted by molar-refractivity contribution is 0.102. The summed E-state index contributed by atoms with van der Waals surface area (Å²) in [5.41, 5.74) is 0.558. The van der Waals surface area contributed by atoms with E-state index in [4.69, 9.17) is 27.9 Å². The fourth-order valence-corrected chi connectivity index (χ4v) is 7.34. The smallest absolute Gasteiger partial charge is 0.304 e. The fraction of sp³-hybridized carbons (Fsp3) is 0.455. The Bertz CT molecular complexity index is 1200. The predicted octanol–water partition coefficient (Wildman–Crippen LogP) is 3.18. The number of nitrogens with zero attached hydrogens (tertiary/aromatic N) is 3. The van der Waals surface area contributed by atoms with E-state index in [0.717, 1.165) is 19.3 Å². The van der Waals surface area contributed by atoms with Crippen molar-refractivity contribution in [2.45, 2.75) is 25.4 Å². The first-order chi connectivity index (χ1) is 16.3. The lowest BCUT2D eigenvalue weighted by Gasteiger charge is -2.36. The number of amides is 1. The van der Waals surface area contributed by atoms with Gasteiger partial charge in [-0.15, -0.1) is 0 Å². The van der Waals surface area contributed by atoms with Gasteiger partial charge in [-0.3, -0.25) is 4.79 Å². The quantitative estimate of drug-likeness (QED) is 0.618. The van der Waals surface area contributed by atoms with E-state index in [9.17, 15) is 18.3 Å². The Labute approximate surface area is 207 Å². The Morgan fingerprint density at radius 1 is 1.18 bits per heavy atom. The normalized spacial score (nSPS) is 24.4. The van der Waals surface area contributed by atoms with Crippen LogP contribution in [-0.4, -0.2) is 61.1 Å². The van der Waals surface area contributed by atoms with Gasteiger partial charge in [0.2, 0.25) is 5.88 Å². The van der Waals surface area contributed by atoms with E-state index in [1.54, 1.807) is 18.2 Å². The van der Waals surface area contributed by atoms with Crippen LogP contribution in [0, 0.1) is 11.8 Å². The summed E-state index contributed by atoms with van der Waals surface area (Å²) in [6.45, 7) is 0.547. The summed E-state index contributed by atoms with van der Waals surface area (Å²) in [4.78, 5) is 17.0. The molecule has 1 aromatic heterocycles. The average Bonchev–Trinajstić information content (AvgIpc) is 3.41. The molecule has 1 saturated carbocycles. The van der Waals surface area contributed by atoms with Gasteiger partial charge >= 0.3 is 10.2 Å². The third-order valence-corrected chi connectivity index (χ3v) is 9.18. The third-order valence-electron chi connectivity index (χ3n) is 6.70. The number of nitrogens with one attached hydrogen (secondary N) is 1. The second kappa shape index (κ2) is 9.16. The van der Waals surface area contributed by atoms with Crippen LogP contribution in [0.15, 0.2) is 30.5 Å². The minimum absolute atomic E-state index is 0.0624. The van der Waals surface area contributed by atoms with Gasteiger partial charge in [0.05, 0.1) is 40.6 Å². The van der Waals surface area contributed by atoms with Crippen molar-refractivity contribution in [2.24, 2.45) is 11.8 Å². The maximum atomic E-state index is 13.7. The highest BCUT2D eigenvalue weighted by Gasteiger charge is 2.45. The van der Waals surface area contributed by atoms with Crippen molar-refractivity contribution in [1.29, 1.82) is 0 Å². The molecule has 3 heterocycles. The number of aromatic nitrogens is 1. The first-order valence-corrected chi connectivity index (χ1v) is 13.2. The van der Waals surface area contributed by atoms with E-state index < -0.39 is 22.2 Å². The Kier molecular flexibility index (Phi) is 6.36. The van der Waals surface area contributed by atoms with Crippen LogP contribution in [-0.2, 0) is 10.2 Å². The van der Waals surface area contributed by atoms with E-state index in [2.05, 4.69) is 10.3 Å². The molecule has 3 atom stereocenters. The monoisotopic (exact) mass is 526 g/mol. The molecule has 3 aliphatic rings. The lowest BCUT2D eigenvalue weighted by Crippen LogP contribution is -2.50. The molecule has 2 aromatic rings. The number of fused-ring (bicyclic) bond motifs is 2. The van der Waals surface area contributed by atoms with Crippen molar-refractivity contribution in [2.75, 3.05) is 35.9 Å². The maximum Gasteiger partial charge on any atom is 0.304 e. The van der Waals surface area contributed by atoms with Crippen molar-refractivity contribution in [3.05, 3.63) is 46.1 Å². The highest BCUT2D eigenvalue weighted by Crippen LogP contribution is 2.42. The Morgan fingerprint density at radius 3 is 2.50 bits per heavy atom. The zero-order valence-corrected chi connectivity index (χ0v) is 20.5. The topological polar surface area (TPSA) is 112 Å². The van der Waals surface area contributed by atoms with Crippen molar-refractivity contribution >= 4 is 50.7 Å². The molecule has 2 unspecified atom stereocenters. The van der Waals surface area contributed by atoms with Crippen molar-refractivity contribution < 1.29 is 23.1 Å². The summed E-state index contributed by atoms with van der Waals surface area (Å²) in [6.07, 6.45) is 3.82. The van der Waals surface area contributed by atoms with Crippen LogP contribution in [0.4, 0.5) is 11.4 Å². The van der Waals surface area contributed by atoms with Gasteiger partial charge in [-0.2, -0.15) is 12.7 Å². The van der Waals surface area contributed by atoms with E-state index in [0.29, 0.717) is 24.9 Å². The number of aliphatic hydroxyl groups is 1. The third kappa shape index (κ3) is 4.22. The molecule has 2 aliphatic heterocycles. The van der Waals surface area contributed by atoms with Crippen molar-refractivity contribution in [3.8, 4) is 5.88 Å². The van der Waals surface area contributed by atoms with E-state index in [-0.39, 0.29) is 46.0 Å². The summed E-state index contributed by atoms with van der Waals surface area (Å²) in [7, 11) is -3.89. The van der Waals surface area contributed by atoms with E-state index >= 15 is 0 Å². The number of rotatable bonds is 5. The van der Waals surface area contributed by atoms with E-state index in [1.807, 2.05) is 0 Å². The number of anilines is 2. The number of aliphatic hydroxyl groups excluding tert-OH is 1. The molecule has 0 bridgehead atoms. The Balaban J connectivity index is 1.45. The van der Waals surface area contributed by atoms with Gasteiger partial charge in [-0.25, -0.2) is 9.29 Å². The molecule has 9 nitrogen and oxygen atoms in total. The van der Waals surface area contributed by atoms with Gasteiger partial charge in [0.25, 0.3) is 5.91 Å². The highest BCUT2D eigenvalue weighted by molar-refractivity contribution is 7.90. The number of halogens is 2. The molecule has 0 radical (unpaired) electrons. The number of carbonyl (C=O) groups excluding carboxylic acids is 1. The zero-order chi connectivity index (χ0) is 24.0. The summed E-state index contributed by atoms with van der Waals surface area (Å²) >= 11 is 12.3. The van der Waals surface area contributed by atoms with Gasteiger partial charge in [0.15, 0.2) is 0 Å². The van der Waals surface area contributed by atoms with Gasteiger partial charge in [0.1, 0.15) is 11.8 Å². The van der Waals surface area contributed by atoms with Crippen LogP contribution in [0.3, 0.4) is 0 Å². The molecule has 1 amide bonds. The second-order valence-corrected chi connectivity index (χ2v) is 11.5. The van der Waals surface area contributed by atoms with Crippen LogP contribution < -0.4 is 14.4 Å². The fourth-order valence-electron chi connectivity index (χ4n) is 5.00. The first kappa shape index (κ1) is 23.6. The molecule has 1 saturated heterocycles. The second-order valence-electron chi connectivity index (χ2n) is 8.83. The molecular weight excluding hydrogens is 503 g/mol. The van der Waals surface area contributed by atoms with Crippen LogP contribution in [0.1, 0.15) is 29.6 Å². The summed E-state index contributed by atoms with van der Waals surface area (Å²) in [6, 6.07) is 6.23. The minimum atomic E-state index is -3.89. The Hall–Kier alpha value is -2.11. The Morgan fingerprint density at radius 2 is 1.85 bits per heavy atom. The van der Waals surface area contributed by atoms with Crippen LogP contribution in [0.5, 0.6) is 5.88 Å². The average molecular weight is 527 g/mol. The molecule has 0 spiro atoms. The standard InChI is InChI=1S/C22H24Cl2N4O5S/c23-17-5-2-6-18(24)20(17)21(30)26-15-7-19-22(25-8-15)33-16(12-29)11-28(19)34(31,32)27-9-13-3-1-4-14(13)10-27/h2,5-8,13-14,16,29H,1,3-4,9-12H2,(H,26,30)/t13?,14?,16-/m1/s1. The van der Waals surface area contributed by atoms with Crippen molar-refractivity contribution in [1.82, 2.24) is 9.29 Å². The zero-order valence-electron chi connectivity index (χ0n) is 18.2. The van der Waals surface area contributed by atoms with Crippen LogP contribution in [0.2, 0.25) is 10.0 Å². The van der Waals surface area contributed by atoms with Gasteiger partial charge < -0.3 is 15.2 Å². The molecule has 5 rings (SSSR count). The molecule has 12 heteroatoms. The highest BCUT2D eigenvalue weighted by atomic mass is 35.5. The molecule has 2 fully saturated rings. The van der Waals surface area contributed by atoms with E-state index in [1.165, 1.54) is 20.9 Å². The number of pyridine rings is 1. The maximum absolute atomic E-state index is 13.7. The molecule has 34 heavy (non-hydrogen) atoms. The lowest BCUT2D eigenvalue weighted by atomic mass is 10.0. The number of ether oxygens (including phenoxy) is 1. The summed E-state index contributed by atoms with van der Waals surface area (Å²) in [5, 5.41) is 12.7. The largest absolute Gasteiger partial charge is 0.468 e. The van der Waals surface area contributed by atoms with Crippen LogP contribution in [0.25, 0.3) is 0 Å². The molecule has 182 valence electrons. The minimum Gasteiger partial charge on any atom is -0.468 e. The van der Waals surface area contributed by atoms with Crippen LogP contribution >= 0.6 is 23.2 Å². The van der Waals surface area contributed by atoms with Gasteiger partial charge in [-0.05, 0) is 42.9 Å². The summed E-state index contributed by atoms with van der Waals surface area (Å²) < 4.78 is 35.7. The molecule has 1 aliphatic carbocycles. The number of benzene rings is 1. The molecular formula is C22H24Cl2N4O5S.